The molecule has 17 heavy (non-hydrogen) atoms. The summed E-state index contributed by atoms with van der Waals surface area (Å²) >= 11 is 0. The van der Waals surface area contributed by atoms with Crippen molar-refractivity contribution in [3.63, 3.8) is 0 Å². The van der Waals surface area contributed by atoms with Gasteiger partial charge < -0.3 is 10.4 Å². The maximum absolute atomic E-state index is 9.59. The fourth-order valence-electron chi connectivity index (χ4n) is 2.78. The van der Waals surface area contributed by atoms with Crippen molar-refractivity contribution in [3.8, 4) is 0 Å². The maximum atomic E-state index is 9.59. The summed E-state index contributed by atoms with van der Waals surface area (Å²) in [6.07, 6.45) is 2.25. The van der Waals surface area contributed by atoms with Crippen LogP contribution in [0.1, 0.15) is 41.1 Å². The zero-order chi connectivity index (χ0) is 12.6. The first kappa shape index (κ1) is 12.6. The van der Waals surface area contributed by atoms with Crippen molar-refractivity contribution in [1.29, 1.82) is 0 Å². The van der Waals surface area contributed by atoms with Gasteiger partial charge in [-0.2, -0.15) is 0 Å². The van der Waals surface area contributed by atoms with E-state index >= 15 is 0 Å². The predicted octanol–water partition coefficient (Wildman–Crippen LogP) is 2.64. The molecular formula is C15H23NO. The Morgan fingerprint density at radius 1 is 1.18 bits per heavy atom. The van der Waals surface area contributed by atoms with Crippen molar-refractivity contribution in [2.24, 2.45) is 5.41 Å². The maximum Gasteiger partial charge on any atom is 0.0505 e. The Kier molecular flexibility index (Phi) is 3.28. The van der Waals surface area contributed by atoms with Gasteiger partial charge in [0.2, 0.25) is 0 Å². The molecule has 1 aromatic carbocycles. The Bertz CT molecular complexity index is 421. The van der Waals surface area contributed by atoms with Gasteiger partial charge in [-0.3, -0.25) is 0 Å². The van der Waals surface area contributed by atoms with E-state index in [2.05, 4.69) is 38.2 Å². The molecule has 2 nitrogen and oxygen atoms in total. The van der Waals surface area contributed by atoms with Crippen molar-refractivity contribution in [3.05, 3.63) is 34.4 Å². The zero-order valence-electron chi connectivity index (χ0n) is 11.3. The number of aliphatic hydroxyl groups excluding tert-OH is 1. The fourth-order valence-corrected chi connectivity index (χ4v) is 2.78. The summed E-state index contributed by atoms with van der Waals surface area (Å²) in [5.41, 5.74) is 5.44. The summed E-state index contributed by atoms with van der Waals surface area (Å²) in [7, 11) is 2.00. The Balaban J connectivity index is 2.41. The van der Waals surface area contributed by atoms with Crippen molar-refractivity contribution in [2.45, 2.75) is 39.7 Å². The molecule has 94 valence electrons. The molecule has 0 radical (unpaired) electrons. The predicted molar refractivity (Wildman–Crippen MR) is 71.2 cm³/mol. The Labute approximate surface area is 104 Å². The van der Waals surface area contributed by atoms with Gasteiger partial charge in [-0.05, 0) is 62.9 Å². The molecular weight excluding hydrogens is 210 g/mol. The average molecular weight is 233 g/mol. The lowest BCUT2D eigenvalue weighted by atomic mass is 9.86. The number of benzene rings is 1. The van der Waals surface area contributed by atoms with E-state index in [1.807, 2.05) is 7.05 Å². The third-order valence-corrected chi connectivity index (χ3v) is 4.30. The van der Waals surface area contributed by atoms with E-state index in [1.165, 1.54) is 22.3 Å². The van der Waals surface area contributed by atoms with Crippen LogP contribution in [0.3, 0.4) is 0 Å². The molecule has 0 amide bonds. The molecule has 2 N–H and O–H groups in total. The van der Waals surface area contributed by atoms with Gasteiger partial charge in [0.25, 0.3) is 0 Å². The first-order chi connectivity index (χ1) is 8.04. The quantitative estimate of drug-likeness (QED) is 0.838. The van der Waals surface area contributed by atoms with Crippen molar-refractivity contribution in [2.75, 3.05) is 13.7 Å². The summed E-state index contributed by atoms with van der Waals surface area (Å²) in [4.78, 5) is 0. The minimum Gasteiger partial charge on any atom is -0.396 e. The molecule has 1 fully saturated rings. The number of aryl methyl sites for hydroxylation is 3. The van der Waals surface area contributed by atoms with E-state index in [-0.39, 0.29) is 18.1 Å². The Hall–Kier alpha value is -0.860. The average Bonchev–Trinajstić information content (AvgIpc) is 3.07. The van der Waals surface area contributed by atoms with Crippen LogP contribution in [0.25, 0.3) is 0 Å². The molecule has 2 heteroatoms. The third kappa shape index (κ3) is 2.12. The second kappa shape index (κ2) is 4.43. The number of rotatable bonds is 4. The summed E-state index contributed by atoms with van der Waals surface area (Å²) in [5, 5.41) is 13.0. The fraction of sp³-hybridized carbons (Fsp3) is 0.600. The van der Waals surface area contributed by atoms with E-state index in [0.29, 0.717) is 0 Å². The summed E-state index contributed by atoms with van der Waals surface area (Å²) in [6.45, 7) is 6.76. The molecule has 1 aromatic rings. The van der Waals surface area contributed by atoms with Crippen LogP contribution in [-0.2, 0) is 0 Å². The molecule has 0 bridgehead atoms. The van der Waals surface area contributed by atoms with Crippen molar-refractivity contribution < 1.29 is 5.11 Å². The van der Waals surface area contributed by atoms with E-state index < -0.39 is 0 Å². The van der Waals surface area contributed by atoms with Gasteiger partial charge in [0.15, 0.2) is 0 Å². The van der Waals surface area contributed by atoms with Gasteiger partial charge in [0, 0.05) is 11.5 Å². The molecule has 1 aliphatic rings. The molecule has 0 aromatic heterocycles. The number of aliphatic hydroxyl groups is 1. The molecule has 1 unspecified atom stereocenters. The number of hydrogen-bond donors (Lipinski definition) is 2. The SMILES string of the molecule is CNC(c1cc(C)c(C)cc1C)C1(CO)CC1. The van der Waals surface area contributed by atoms with E-state index in [0.717, 1.165) is 12.8 Å². The highest BCUT2D eigenvalue weighted by atomic mass is 16.3. The smallest absolute Gasteiger partial charge is 0.0505 e. The number of hydrogen-bond acceptors (Lipinski definition) is 2. The Morgan fingerprint density at radius 2 is 1.76 bits per heavy atom. The van der Waals surface area contributed by atoms with Crippen molar-refractivity contribution in [1.82, 2.24) is 5.32 Å². The second-order valence-corrected chi connectivity index (χ2v) is 5.54. The van der Waals surface area contributed by atoms with Crippen LogP contribution < -0.4 is 5.32 Å². The van der Waals surface area contributed by atoms with E-state index in [4.69, 9.17) is 0 Å². The first-order valence-corrected chi connectivity index (χ1v) is 6.40. The van der Waals surface area contributed by atoms with Crippen LogP contribution in [0, 0.1) is 26.2 Å². The lowest BCUT2D eigenvalue weighted by Crippen LogP contribution is -2.29. The summed E-state index contributed by atoms with van der Waals surface area (Å²) in [6, 6.07) is 4.82. The molecule has 1 atom stereocenters. The van der Waals surface area contributed by atoms with Gasteiger partial charge in [-0.1, -0.05) is 12.1 Å². The molecule has 2 rings (SSSR count). The standard InChI is InChI=1S/C15H23NO/c1-10-7-12(3)13(8-11(10)2)14(16-4)15(9-17)5-6-15/h7-8,14,16-17H,5-6,9H2,1-4H3. The molecule has 1 saturated carbocycles. The van der Waals surface area contributed by atoms with Crippen LogP contribution in [0.15, 0.2) is 12.1 Å². The van der Waals surface area contributed by atoms with Crippen LogP contribution in [0.5, 0.6) is 0 Å². The van der Waals surface area contributed by atoms with Gasteiger partial charge >= 0.3 is 0 Å². The molecule has 0 saturated heterocycles. The zero-order valence-corrected chi connectivity index (χ0v) is 11.3. The van der Waals surface area contributed by atoms with Gasteiger partial charge in [0.05, 0.1) is 6.61 Å². The van der Waals surface area contributed by atoms with Crippen LogP contribution in [0.4, 0.5) is 0 Å². The van der Waals surface area contributed by atoms with E-state index in [9.17, 15) is 5.11 Å². The lowest BCUT2D eigenvalue weighted by Gasteiger charge is -2.27. The highest BCUT2D eigenvalue weighted by Gasteiger charge is 2.49. The number of nitrogens with one attached hydrogen (secondary N) is 1. The topological polar surface area (TPSA) is 32.3 Å². The first-order valence-electron chi connectivity index (χ1n) is 6.40. The van der Waals surface area contributed by atoms with Gasteiger partial charge in [0.1, 0.15) is 0 Å². The Morgan fingerprint density at radius 3 is 2.24 bits per heavy atom. The van der Waals surface area contributed by atoms with E-state index in [1.54, 1.807) is 0 Å². The molecule has 0 spiro atoms. The van der Waals surface area contributed by atoms with Gasteiger partial charge in [-0.15, -0.1) is 0 Å². The largest absolute Gasteiger partial charge is 0.396 e. The lowest BCUT2D eigenvalue weighted by molar-refractivity contribution is 0.175. The van der Waals surface area contributed by atoms with Crippen LogP contribution in [0.2, 0.25) is 0 Å². The second-order valence-electron chi connectivity index (χ2n) is 5.54. The third-order valence-electron chi connectivity index (χ3n) is 4.30. The van der Waals surface area contributed by atoms with Crippen molar-refractivity contribution >= 4 is 0 Å². The molecule has 0 heterocycles. The monoisotopic (exact) mass is 233 g/mol. The van der Waals surface area contributed by atoms with Crippen LogP contribution >= 0.6 is 0 Å². The minimum absolute atomic E-state index is 0.0845. The highest BCUT2D eigenvalue weighted by Crippen LogP contribution is 2.54. The molecule has 1 aliphatic carbocycles. The molecule has 0 aliphatic heterocycles. The normalized spacial score (nSPS) is 19.1. The summed E-state index contributed by atoms with van der Waals surface area (Å²) in [5.74, 6) is 0. The van der Waals surface area contributed by atoms with Crippen LogP contribution in [-0.4, -0.2) is 18.8 Å². The minimum atomic E-state index is 0.0845. The summed E-state index contributed by atoms with van der Waals surface area (Å²) < 4.78 is 0. The highest BCUT2D eigenvalue weighted by molar-refractivity contribution is 5.39. The van der Waals surface area contributed by atoms with Gasteiger partial charge in [-0.25, -0.2) is 0 Å².